The maximum Gasteiger partial charge on any atom is 0.332 e. The number of amides is 1. The molecule has 0 spiro atoms. The molecule has 0 radical (unpaired) electrons. The summed E-state index contributed by atoms with van der Waals surface area (Å²) in [6.45, 7) is 5.97. The first-order valence-electron chi connectivity index (χ1n) is 13.3. The van der Waals surface area contributed by atoms with Gasteiger partial charge in [-0.05, 0) is 55.0 Å². The van der Waals surface area contributed by atoms with Crippen molar-refractivity contribution < 1.29 is 26.9 Å². The van der Waals surface area contributed by atoms with E-state index in [1.807, 2.05) is 81.4 Å². The van der Waals surface area contributed by atoms with Gasteiger partial charge in [0, 0.05) is 6.04 Å². The van der Waals surface area contributed by atoms with Gasteiger partial charge in [-0.2, -0.15) is 8.42 Å². The minimum absolute atomic E-state index is 0.111. The predicted octanol–water partition coefficient (Wildman–Crippen LogP) is 5.74. The zero-order valence-corrected chi connectivity index (χ0v) is 24.0. The summed E-state index contributed by atoms with van der Waals surface area (Å²) in [4.78, 5) is 26.2. The zero-order valence-electron chi connectivity index (χ0n) is 23.2. The minimum atomic E-state index is -4.04. The lowest BCUT2D eigenvalue weighted by molar-refractivity contribution is -0.148. The van der Waals surface area contributed by atoms with Crippen molar-refractivity contribution in [1.82, 2.24) is 5.32 Å². The molecule has 1 N–H and O–H groups in total. The van der Waals surface area contributed by atoms with Crippen molar-refractivity contribution >= 4 is 22.0 Å². The third-order valence-corrected chi connectivity index (χ3v) is 7.03. The van der Waals surface area contributed by atoms with Gasteiger partial charge in [0.2, 0.25) is 5.91 Å². The molecule has 212 valence electrons. The van der Waals surface area contributed by atoms with Crippen LogP contribution in [0.4, 0.5) is 0 Å². The topological polar surface area (TPSA) is 98.8 Å². The van der Waals surface area contributed by atoms with E-state index in [1.54, 1.807) is 24.3 Å². The van der Waals surface area contributed by atoms with Crippen molar-refractivity contribution in [3.8, 4) is 5.75 Å². The van der Waals surface area contributed by atoms with E-state index >= 15 is 0 Å². The van der Waals surface area contributed by atoms with Crippen molar-refractivity contribution in [2.45, 2.75) is 52.7 Å². The van der Waals surface area contributed by atoms with Crippen LogP contribution < -0.4 is 9.50 Å². The molecule has 0 heterocycles. The molecule has 0 fully saturated rings. The van der Waals surface area contributed by atoms with Crippen LogP contribution in [-0.4, -0.2) is 26.3 Å². The third kappa shape index (κ3) is 11.1. The highest BCUT2D eigenvalue weighted by molar-refractivity contribution is 7.90. The minimum Gasteiger partial charge on any atom is -0.461 e. The number of hydrogen-bond donors (Lipinski definition) is 1. The Hall–Kier alpha value is -3.91. The van der Waals surface area contributed by atoms with E-state index in [0.29, 0.717) is 12.8 Å². The SMILES string of the molecule is Cc1ccc(OS(=O)(=O)/C=C/[C@H](CC(C)C)NC(=O)[C@@H](CC(=O)OCc2ccccc2)Cc2ccccc2)cc1. The molecular weight excluding hydrogens is 526 g/mol. The molecule has 8 heteroatoms. The number of rotatable bonds is 14. The average Bonchev–Trinajstić information content (AvgIpc) is 2.92. The maximum atomic E-state index is 13.5. The molecule has 0 aliphatic rings. The van der Waals surface area contributed by atoms with E-state index in [-0.39, 0.29) is 30.6 Å². The van der Waals surface area contributed by atoms with E-state index < -0.39 is 28.0 Å². The molecule has 2 atom stereocenters. The quantitative estimate of drug-likeness (QED) is 0.198. The fourth-order valence-electron chi connectivity index (χ4n) is 4.10. The molecule has 0 saturated heterocycles. The molecule has 40 heavy (non-hydrogen) atoms. The summed E-state index contributed by atoms with van der Waals surface area (Å²) in [6, 6.07) is 24.9. The molecule has 3 aromatic rings. The van der Waals surface area contributed by atoms with Crippen LogP contribution in [0, 0.1) is 18.8 Å². The van der Waals surface area contributed by atoms with Gasteiger partial charge < -0.3 is 14.2 Å². The van der Waals surface area contributed by atoms with Crippen LogP contribution in [0.15, 0.2) is 96.4 Å². The molecule has 0 bridgehead atoms. The Morgan fingerprint density at radius 1 is 0.875 bits per heavy atom. The molecule has 0 aliphatic carbocycles. The normalized spacial score (nSPS) is 13.1. The fourth-order valence-corrected chi connectivity index (χ4v) is 4.91. The van der Waals surface area contributed by atoms with Crippen molar-refractivity contribution in [2.75, 3.05) is 0 Å². The lowest BCUT2D eigenvalue weighted by atomic mass is 9.94. The van der Waals surface area contributed by atoms with Gasteiger partial charge in [0.25, 0.3) is 0 Å². The van der Waals surface area contributed by atoms with Gasteiger partial charge in [0.1, 0.15) is 12.4 Å². The number of aryl methyl sites for hydroxylation is 1. The van der Waals surface area contributed by atoms with E-state index in [0.717, 1.165) is 22.1 Å². The van der Waals surface area contributed by atoms with Crippen LogP contribution in [0.25, 0.3) is 0 Å². The summed E-state index contributed by atoms with van der Waals surface area (Å²) in [5.41, 5.74) is 2.74. The summed E-state index contributed by atoms with van der Waals surface area (Å²) in [7, 11) is -4.04. The zero-order chi connectivity index (χ0) is 29.0. The molecular formula is C32H37NO6S. The number of nitrogens with one attached hydrogen (secondary N) is 1. The second-order valence-electron chi connectivity index (χ2n) is 10.2. The van der Waals surface area contributed by atoms with Crippen LogP contribution in [0.5, 0.6) is 5.75 Å². The Morgan fingerprint density at radius 2 is 1.48 bits per heavy atom. The second-order valence-corrected chi connectivity index (χ2v) is 11.6. The number of esters is 1. The van der Waals surface area contributed by atoms with Gasteiger partial charge in [-0.15, -0.1) is 0 Å². The summed E-state index contributed by atoms with van der Waals surface area (Å²) >= 11 is 0. The monoisotopic (exact) mass is 563 g/mol. The summed E-state index contributed by atoms with van der Waals surface area (Å²) in [5, 5.41) is 3.91. The van der Waals surface area contributed by atoms with E-state index in [2.05, 4.69) is 5.32 Å². The van der Waals surface area contributed by atoms with Crippen molar-refractivity contribution in [2.24, 2.45) is 11.8 Å². The van der Waals surface area contributed by atoms with Crippen LogP contribution in [0.2, 0.25) is 0 Å². The first kappa shape index (κ1) is 30.6. The van der Waals surface area contributed by atoms with Crippen LogP contribution in [0.3, 0.4) is 0 Å². The van der Waals surface area contributed by atoms with Gasteiger partial charge in [0.15, 0.2) is 0 Å². The molecule has 3 rings (SSSR count). The highest BCUT2D eigenvalue weighted by Gasteiger charge is 2.25. The van der Waals surface area contributed by atoms with Gasteiger partial charge in [-0.3, -0.25) is 9.59 Å². The molecule has 1 amide bonds. The van der Waals surface area contributed by atoms with Crippen LogP contribution in [0.1, 0.15) is 43.4 Å². The molecule has 3 aromatic carbocycles. The third-order valence-electron chi connectivity index (χ3n) is 6.12. The number of ether oxygens (including phenoxy) is 1. The Bertz CT molecular complexity index is 1350. The lowest BCUT2D eigenvalue weighted by Crippen LogP contribution is -2.40. The number of carbonyl (C=O) groups excluding carboxylic acids is 2. The number of hydrogen-bond acceptors (Lipinski definition) is 6. The number of carbonyl (C=O) groups is 2. The Balaban J connectivity index is 1.71. The van der Waals surface area contributed by atoms with Gasteiger partial charge in [-0.25, -0.2) is 0 Å². The molecule has 0 saturated carbocycles. The van der Waals surface area contributed by atoms with E-state index in [4.69, 9.17) is 8.92 Å². The summed E-state index contributed by atoms with van der Waals surface area (Å²) < 4.78 is 35.8. The molecule has 0 aromatic heterocycles. The highest BCUT2D eigenvalue weighted by atomic mass is 32.2. The average molecular weight is 564 g/mol. The summed E-state index contributed by atoms with van der Waals surface area (Å²) in [5.74, 6) is -1.16. The first-order chi connectivity index (χ1) is 19.1. The largest absolute Gasteiger partial charge is 0.461 e. The standard InChI is InChI=1S/C32H37NO6S/c1-24(2)20-29(18-19-40(36,37)39-30-16-14-25(3)15-17-30)33-32(35)28(21-26-10-6-4-7-11-26)22-31(34)38-23-27-12-8-5-9-13-27/h4-19,24,28-29H,20-23H2,1-3H3,(H,33,35)/b19-18+/t28-,29-/m1/s1. The van der Waals surface area contributed by atoms with Crippen molar-refractivity contribution in [3.63, 3.8) is 0 Å². The molecule has 0 aliphatic heterocycles. The fraction of sp³-hybridized carbons (Fsp3) is 0.312. The Labute approximate surface area is 237 Å². The maximum absolute atomic E-state index is 13.5. The molecule has 0 unspecified atom stereocenters. The van der Waals surface area contributed by atoms with Crippen molar-refractivity contribution in [1.29, 1.82) is 0 Å². The lowest BCUT2D eigenvalue weighted by Gasteiger charge is -2.22. The number of benzene rings is 3. The van der Waals surface area contributed by atoms with Crippen LogP contribution >= 0.6 is 0 Å². The van der Waals surface area contributed by atoms with Crippen LogP contribution in [-0.2, 0) is 37.5 Å². The Kier molecular flexibility index (Phi) is 11.5. The van der Waals surface area contributed by atoms with E-state index in [9.17, 15) is 18.0 Å². The van der Waals surface area contributed by atoms with Gasteiger partial charge in [-0.1, -0.05) is 92.2 Å². The Morgan fingerprint density at radius 3 is 2.08 bits per heavy atom. The second kappa shape index (κ2) is 15.0. The van der Waals surface area contributed by atoms with Gasteiger partial charge >= 0.3 is 16.1 Å². The smallest absolute Gasteiger partial charge is 0.332 e. The highest BCUT2D eigenvalue weighted by Crippen LogP contribution is 2.18. The first-order valence-corrected chi connectivity index (χ1v) is 14.8. The molecule has 7 nitrogen and oxygen atoms in total. The van der Waals surface area contributed by atoms with Crippen molar-refractivity contribution in [3.05, 3.63) is 113 Å². The predicted molar refractivity (Wildman–Crippen MR) is 156 cm³/mol. The van der Waals surface area contributed by atoms with E-state index in [1.165, 1.54) is 6.08 Å². The van der Waals surface area contributed by atoms with Gasteiger partial charge in [0.05, 0.1) is 17.7 Å². The summed E-state index contributed by atoms with van der Waals surface area (Å²) in [6.07, 6.45) is 2.15.